The van der Waals surface area contributed by atoms with Crippen LogP contribution < -0.4 is 5.73 Å². The van der Waals surface area contributed by atoms with Gasteiger partial charge in [0.1, 0.15) is 0 Å². The lowest BCUT2D eigenvalue weighted by Gasteiger charge is -2.23. The molecule has 3 heteroatoms. The van der Waals surface area contributed by atoms with Gasteiger partial charge in [-0.3, -0.25) is 0 Å². The summed E-state index contributed by atoms with van der Waals surface area (Å²) in [6, 6.07) is 7.53. The minimum Gasteiger partial charge on any atom is -0.399 e. The molecule has 2 unspecified atom stereocenters. The van der Waals surface area contributed by atoms with Crippen LogP contribution in [0.3, 0.4) is 0 Å². The van der Waals surface area contributed by atoms with E-state index in [1.807, 2.05) is 24.3 Å². The average Bonchev–Trinajstić information content (AvgIpc) is 2.55. The van der Waals surface area contributed by atoms with Crippen molar-refractivity contribution in [2.75, 3.05) is 25.4 Å². The van der Waals surface area contributed by atoms with E-state index in [0.29, 0.717) is 0 Å². The van der Waals surface area contributed by atoms with Crippen LogP contribution in [0.2, 0.25) is 0 Å². The molecule has 3 nitrogen and oxygen atoms in total. The zero-order valence-electron chi connectivity index (χ0n) is 11.2. The van der Waals surface area contributed by atoms with E-state index >= 15 is 0 Å². The first-order valence-corrected chi connectivity index (χ1v) is 6.91. The van der Waals surface area contributed by atoms with Crippen molar-refractivity contribution in [2.45, 2.75) is 32.3 Å². The lowest BCUT2D eigenvalue weighted by atomic mass is 10.0. The van der Waals surface area contributed by atoms with Gasteiger partial charge in [-0.2, -0.15) is 0 Å². The molecule has 1 aliphatic rings. The third-order valence-corrected chi connectivity index (χ3v) is 3.86. The zero-order chi connectivity index (χ0) is 13.0. The molecular formula is C15H24N2O. The van der Waals surface area contributed by atoms with Crippen molar-refractivity contribution in [2.24, 2.45) is 5.92 Å². The molecule has 1 fully saturated rings. The smallest absolute Gasteiger partial charge is 0.0916 e. The molecule has 1 aromatic rings. The Balaban J connectivity index is 1.90. The summed E-state index contributed by atoms with van der Waals surface area (Å²) in [7, 11) is 0. The van der Waals surface area contributed by atoms with Crippen molar-refractivity contribution in [3.63, 3.8) is 0 Å². The molecule has 1 heterocycles. The van der Waals surface area contributed by atoms with E-state index in [0.717, 1.165) is 36.8 Å². The van der Waals surface area contributed by atoms with Crippen LogP contribution in [-0.2, 0) is 0 Å². The number of anilines is 1. The first-order chi connectivity index (χ1) is 8.65. The second-order valence-electron chi connectivity index (χ2n) is 5.52. The molecule has 0 aliphatic carbocycles. The SMILES string of the molecule is CC1CCCN(CC(O)c2ccc(N)cc2)CC1. The van der Waals surface area contributed by atoms with Gasteiger partial charge in [0.25, 0.3) is 0 Å². The Kier molecular flexibility index (Phi) is 4.61. The summed E-state index contributed by atoms with van der Waals surface area (Å²) in [4.78, 5) is 2.38. The van der Waals surface area contributed by atoms with Crippen molar-refractivity contribution < 1.29 is 5.11 Å². The Morgan fingerprint density at radius 1 is 1.28 bits per heavy atom. The van der Waals surface area contributed by atoms with E-state index in [1.165, 1.54) is 19.3 Å². The van der Waals surface area contributed by atoms with E-state index in [9.17, 15) is 5.11 Å². The van der Waals surface area contributed by atoms with Gasteiger partial charge in [0.2, 0.25) is 0 Å². The number of aliphatic hydroxyl groups excluding tert-OH is 1. The van der Waals surface area contributed by atoms with Gasteiger partial charge in [-0.05, 0) is 56.0 Å². The molecule has 100 valence electrons. The molecule has 0 spiro atoms. The van der Waals surface area contributed by atoms with Crippen LogP contribution in [0, 0.1) is 5.92 Å². The van der Waals surface area contributed by atoms with Gasteiger partial charge in [-0.25, -0.2) is 0 Å². The largest absolute Gasteiger partial charge is 0.399 e. The summed E-state index contributed by atoms with van der Waals surface area (Å²) < 4.78 is 0. The van der Waals surface area contributed by atoms with Crippen LogP contribution in [-0.4, -0.2) is 29.6 Å². The maximum Gasteiger partial charge on any atom is 0.0916 e. The molecule has 0 bridgehead atoms. The van der Waals surface area contributed by atoms with Crippen molar-refractivity contribution in [3.8, 4) is 0 Å². The monoisotopic (exact) mass is 248 g/mol. The van der Waals surface area contributed by atoms with Gasteiger partial charge in [-0.1, -0.05) is 19.1 Å². The topological polar surface area (TPSA) is 49.5 Å². The van der Waals surface area contributed by atoms with Crippen molar-refractivity contribution in [3.05, 3.63) is 29.8 Å². The number of β-amino-alcohol motifs (C(OH)–C–C–N with tert-alkyl or cyclic N) is 1. The Morgan fingerprint density at radius 2 is 2.00 bits per heavy atom. The minimum atomic E-state index is -0.404. The normalized spacial score (nSPS) is 23.6. The van der Waals surface area contributed by atoms with Crippen LogP contribution >= 0.6 is 0 Å². The van der Waals surface area contributed by atoms with Crippen molar-refractivity contribution in [1.82, 2.24) is 4.90 Å². The van der Waals surface area contributed by atoms with Crippen molar-refractivity contribution >= 4 is 5.69 Å². The van der Waals surface area contributed by atoms with Gasteiger partial charge >= 0.3 is 0 Å². The maximum atomic E-state index is 10.2. The molecule has 2 atom stereocenters. The van der Waals surface area contributed by atoms with E-state index in [2.05, 4.69) is 11.8 Å². The molecular weight excluding hydrogens is 224 g/mol. The standard InChI is InChI=1S/C15H24N2O/c1-12-3-2-9-17(10-8-12)11-15(18)13-4-6-14(16)7-5-13/h4-7,12,15,18H,2-3,8-11,16H2,1H3. The summed E-state index contributed by atoms with van der Waals surface area (Å²) in [5.41, 5.74) is 7.36. The minimum absolute atomic E-state index is 0.404. The highest BCUT2D eigenvalue weighted by Gasteiger charge is 2.17. The fourth-order valence-corrected chi connectivity index (χ4v) is 2.57. The van der Waals surface area contributed by atoms with Gasteiger partial charge < -0.3 is 15.7 Å². The predicted octanol–water partition coefficient (Wildman–Crippen LogP) is 2.42. The fraction of sp³-hybridized carbons (Fsp3) is 0.600. The molecule has 1 saturated heterocycles. The number of rotatable bonds is 3. The second-order valence-corrected chi connectivity index (χ2v) is 5.52. The quantitative estimate of drug-likeness (QED) is 0.808. The number of nitrogen functional groups attached to an aromatic ring is 1. The third-order valence-electron chi connectivity index (χ3n) is 3.86. The van der Waals surface area contributed by atoms with Gasteiger partial charge in [0.15, 0.2) is 0 Å². The lowest BCUT2D eigenvalue weighted by Crippen LogP contribution is -2.29. The van der Waals surface area contributed by atoms with Crippen LogP contribution in [0.25, 0.3) is 0 Å². The molecule has 1 aromatic carbocycles. The maximum absolute atomic E-state index is 10.2. The molecule has 0 radical (unpaired) electrons. The summed E-state index contributed by atoms with van der Waals surface area (Å²) in [6.07, 6.45) is 3.40. The Morgan fingerprint density at radius 3 is 2.72 bits per heavy atom. The summed E-state index contributed by atoms with van der Waals surface area (Å²) in [6.45, 7) is 5.26. The third kappa shape index (κ3) is 3.72. The Labute approximate surface area is 110 Å². The van der Waals surface area contributed by atoms with Crippen LogP contribution in [0.1, 0.15) is 37.9 Å². The number of hydrogen-bond donors (Lipinski definition) is 2. The summed E-state index contributed by atoms with van der Waals surface area (Å²) in [5.74, 6) is 0.823. The first-order valence-electron chi connectivity index (χ1n) is 6.91. The number of aliphatic hydroxyl groups is 1. The zero-order valence-corrected chi connectivity index (χ0v) is 11.2. The van der Waals surface area contributed by atoms with Gasteiger partial charge in [-0.15, -0.1) is 0 Å². The lowest BCUT2D eigenvalue weighted by molar-refractivity contribution is 0.114. The molecule has 18 heavy (non-hydrogen) atoms. The van der Waals surface area contributed by atoms with Gasteiger partial charge in [0, 0.05) is 12.2 Å². The molecule has 2 rings (SSSR count). The van der Waals surface area contributed by atoms with E-state index in [-0.39, 0.29) is 0 Å². The highest BCUT2D eigenvalue weighted by molar-refractivity contribution is 5.39. The second kappa shape index (κ2) is 6.21. The van der Waals surface area contributed by atoms with E-state index < -0.39 is 6.10 Å². The molecule has 3 N–H and O–H groups in total. The number of nitrogens with two attached hydrogens (primary N) is 1. The molecule has 1 aliphatic heterocycles. The fourth-order valence-electron chi connectivity index (χ4n) is 2.57. The highest BCUT2D eigenvalue weighted by Crippen LogP contribution is 2.20. The number of likely N-dealkylation sites (tertiary alicyclic amines) is 1. The van der Waals surface area contributed by atoms with Crippen molar-refractivity contribution in [1.29, 1.82) is 0 Å². The predicted molar refractivity (Wildman–Crippen MR) is 75.3 cm³/mol. The Hall–Kier alpha value is -1.06. The van der Waals surface area contributed by atoms with E-state index in [4.69, 9.17) is 5.73 Å². The number of hydrogen-bond acceptors (Lipinski definition) is 3. The summed E-state index contributed by atoms with van der Waals surface area (Å²) >= 11 is 0. The van der Waals surface area contributed by atoms with E-state index in [1.54, 1.807) is 0 Å². The molecule has 0 saturated carbocycles. The first kappa shape index (κ1) is 13.4. The van der Waals surface area contributed by atoms with Crippen LogP contribution in [0.15, 0.2) is 24.3 Å². The molecule has 0 aromatic heterocycles. The highest BCUT2D eigenvalue weighted by atomic mass is 16.3. The molecule has 0 amide bonds. The Bertz CT molecular complexity index is 363. The van der Waals surface area contributed by atoms with Gasteiger partial charge in [0.05, 0.1) is 6.10 Å². The number of benzene rings is 1. The number of nitrogens with zero attached hydrogens (tertiary/aromatic N) is 1. The van der Waals surface area contributed by atoms with Crippen LogP contribution in [0.4, 0.5) is 5.69 Å². The summed E-state index contributed by atoms with van der Waals surface area (Å²) in [5, 5.41) is 10.2. The average molecular weight is 248 g/mol. The van der Waals surface area contributed by atoms with Crippen LogP contribution in [0.5, 0.6) is 0 Å².